The maximum absolute atomic E-state index is 11.7. The summed E-state index contributed by atoms with van der Waals surface area (Å²) in [7, 11) is -1.56. The predicted molar refractivity (Wildman–Crippen MR) is 85.2 cm³/mol. The highest BCUT2D eigenvalue weighted by Gasteiger charge is 2.27. The van der Waals surface area contributed by atoms with Crippen molar-refractivity contribution in [3.8, 4) is 0 Å². The molecule has 1 atom stereocenters. The Bertz CT molecular complexity index is 615. The van der Waals surface area contributed by atoms with Gasteiger partial charge < -0.3 is 10.6 Å². The highest BCUT2D eigenvalue weighted by molar-refractivity contribution is 7.88. The van der Waals surface area contributed by atoms with E-state index in [1.165, 1.54) is 10.6 Å². The summed E-state index contributed by atoms with van der Waals surface area (Å²) in [6.45, 7) is 1.26. The van der Waals surface area contributed by atoms with Crippen LogP contribution in [-0.2, 0) is 14.8 Å². The van der Waals surface area contributed by atoms with Gasteiger partial charge in [0, 0.05) is 31.7 Å². The van der Waals surface area contributed by atoms with Crippen molar-refractivity contribution in [3.63, 3.8) is 0 Å². The van der Waals surface area contributed by atoms with Crippen LogP contribution in [-0.4, -0.2) is 56.6 Å². The van der Waals surface area contributed by atoms with E-state index in [1.807, 2.05) is 12.1 Å². The molecule has 0 aromatic carbocycles. The van der Waals surface area contributed by atoms with Gasteiger partial charge in [0.05, 0.1) is 24.7 Å². The summed E-state index contributed by atoms with van der Waals surface area (Å²) in [4.78, 5) is 15.6. The Kier molecular flexibility index (Phi) is 5.36. The maximum atomic E-state index is 11.7. The zero-order valence-corrected chi connectivity index (χ0v) is 13.7. The molecule has 0 bridgehead atoms. The van der Waals surface area contributed by atoms with Gasteiger partial charge in [-0.1, -0.05) is 0 Å². The summed E-state index contributed by atoms with van der Waals surface area (Å²) >= 11 is 0. The molecular formula is C14H22N4O3S. The molecule has 0 radical (unpaired) electrons. The molecule has 1 aromatic heterocycles. The number of anilines is 1. The first-order valence-electron chi connectivity index (χ1n) is 7.25. The normalized spacial score (nSPS) is 19.6. The molecule has 1 amide bonds. The van der Waals surface area contributed by atoms with E-state index in [1.54, 1.807) is 13.2 Å². The van der Waals surface area contributed by atoms with E-state index in [4.69, 9.17) is 0 Å². The van der Waals surface area contributed by atoms with Gasteiger partial charge in [0.25, 0.3) is 0 Å². The second kappa shape index (κ2) is 7.06. The SMILES string of the molecule is CNC(=O)CNc1ccc(C2CCCN(S(C)(=O)=O)C2)nc1. The molecule has 2 rings (SSSR count). The van der Waals surface area contributed by atoms with Crippen LogP contribution in [0.25, 0.3) is 0 Å². The van der Waals surface area contributed by atoms with E-state index in [0.29, 0.717) is 13.1 Å². The summed E-state index contributed by atoms with van der Waals surface area (Å²) in [5, 5.41) is 5.51. The van der Waals surface area contributed by atoms with E-state index in [-0.39, 0.29) is 18.4 Å². The van der Waals surface area contributed by atoms with Crippen LogP contribution < -0.4 is 10.6 Å². The number of amides is 1. The van der Waals surface area contributed by atoms with Crippen LogP contribution in [0.3, 0.4) is 0 Å². The Morgan fingerprint density at radius 3 is 2.82 bits per heavy atom. The number of carbonyl (C=O) groups excluding carboxylic acids is 1. The molecule has 1 fully saturated rings. The number of carbonyl (C=O) groups is 1. The van der Waals surface area contributed by atoms with E-state index in [2.05, 4.69) is 15.6 Å². The van der Waals surface area contributed by atoms with E-state index < -0.39 is 10.0 Å². The number of aromatic nitrogens is 1. The van der Waals surface area contributed by atoms with Crippen molar-refractivity contribution < 1.29 is 13.2 Å². The Balaban J connectivity index is 1.99. The molecule has 7 nitrogen and oxygen atoms in total. The molecule has 8 heteroatoms. The lowest BCUT2D eigenvalue weighted by Crippen LogP contribution is -2.38. The van der Waals surface area contributed by atoms with Crippen LogP contribution in [0.5, 0.6) is 0 Å². The number of nitrogens with one attached hydrogen (secondary N) is 2. The van der Waals surface area contributed by atoms with Gasteiger partial charge >= 0.3 is 0 Å². The Morgan fingerprint density at radius 1 is 1.45 bits per heavy atom. The summed E-state index contributed by atoms with van der Waals surface area (Å²) in [5.41, 5.74) is 1.65. The lowest BCUT2D eigenvalue weighted by molar-refractivity contribution is -0.118. The third-order valence-corrected chi connectivity index (χ3v) is 5.06. The number of rotatable bonds is 5. The van der Waals surface area contributed by atoms with Crippen molar-refractivity contribution >= 4 is 21.6 Å². The average molecular weight is 326 g/mol. The van der Waals surface area contributed by atoms with E-state index >= 15 is 0 Å². The number of nitrogens with zero attached hydrogens (tertiary/aromatic N) is 2. The van der Waals surface area contributed by atoms with Gasteiger partial charge in [0.15, 0.2) is 0 Å². The average Bonchev–Trinajstić information content (AvgIpc) is 2.52. The highest BCUT2D eigenvalue weighted by atomic mass is 32.2. The van der Waals surface area contributed by atoms with Crippen LogP contribution >= 0.6 is 0 Å². The van der Waals surface area contributed by atoms with Crippen LogP contribution in [0.15, 0.2) is 18.3 Å². The van der Waals surface area contributed by atoms with Gasteiger partial charge in [-0.15, -0.1) is 0 Å². The number of pyridine rings is 1. The highest BCUT2D eigenvalue weighted by Crippen LogP contribution is 2.27. The minimum atomic E-state index is -3.15. The second-order valence-electron chi connectivity index (χ2n) is 5.46. The number of sulfonamides is 1. The smallest absolute Gasteiger partial charge is 0.239 e. The van der Waals surface area contributed by atoms with Crippen LogP contribution in [0.2, 0.25) is 0 Å². The summed E-state index contributed by atoms with van der Waals surface area (Å²) in [5.74, 6) is 0.0246. The van der Waals surface area contributed by atoms with Gasteiger partial charge in [-0.05, 0) is 25.0 Å². The first kappa shape index (κ1) is 16.7. The third-order valence-electron chi connectivity index (χ3n) is 3.79. The van der Waals surface area contributed by atoms with Gasteiger partial charge in [-0.25, -0.2) is 12.7 Å². The van der Waals surface area contributed by atoms with E-state index in [0.717, 1.165) is 24.2 Å². The number of hydrogen-bond donors (Lipinski definition) is 2. The third kappa shape index (κ3) is 4.41. The first-order valence-corrected chi connectivity index (χ1v) is 9.10. The quantitative estimate of drug-likeness (QED) is 0.816. The van der Waals surface area contributed by atoms with Crippen LogP contribution in [0, 0.1) is 0 Å². The fourth-order valence-electron chi connectivity index (χ4n) is 2.51. The van der Waals surface area contributed by atoms with Gasteiger partial charge in [0.2, 0.25) is 15.9 Å². The standard InChI is InChI=1S/C14H22N4O3S/c1-15-14(19)9-16-12-5-6-13(17-8-12)11-4-3-7-18(10-11)22(2,20)21/h5-6,8,11,16H,3-4,7,9-10H2,1-2H3,(H,15,19). The predicted octanol–water partition coefficient (Wildman–Crippen LogP) is 0.379. The van der Waals surface area contributed by atoms with Crippen LogP contribution in [0.4, 0.5) is 5.69 Å². The molecule has 122 valence electrons. The summed E-state index contributed by atoms with van der Waals surface area (Å²) in [6.07, 6.45) is 4.70. The summed E-state index contributed by atoms with van der Waals surface area (Å²) in [6, 6.07) is 3.76. The molecule has 1 aliphatic heterocycles. The van der Waals surface area contributed by atoms with Crippen molar-refractivity contribution in [2.24, 2.45) is 0 Å². The van der Waals surface area contributed by atoms with Crippen molar-refractivity contribution in [3.05, 3.63) is 24.0 Å². The second-order valence-corrected chi connectivity index (χ2v) is 7.44. The monoisotopic (exact) mass is 326 g/mol. The number of piperidine rings is 1. The molecule has 1 aliphatic rings. The van der Waals surface area contributed by atoms with Crippen LogP contribution in [0.1, 0.15) is 24.5 Å². The van der Waals surface area contributed by atoms with Crippen molar-refractivity contribution in [2.75, 3.05) is 38.3 Å². The number of hydrogen-bond acceptors (Lipinski definition) is 5. The molecule has 2 heterocycles. The topological polar surface area (TPSA) is 91.4 Å². The minimum absolute atomic E-state index is 0.0971. The Hall–Kier alpha value is -1.67. The molecule has 2 N–H and O–H groups in total. The molecule has 22 heavy (non-hydrogen) atoms. The van der Waals surface area contributed by atoms with Gasteiger partial charge in [-0.3, -0.25) is 9.78 Å². The van der Waals surface area contributed by atoms with Crippen molar-refractivity contribution in [1.29, 1.82) is 0 Å². The zero-order chi connectivity index (χ0) is 16.2. The maximum Gasteiger partial charge on any atom is 0.239 e. The fraction of sp³-hybridized carbons (Fsp3) is 0.571. The largest absolute Gasteiger partial charge is 0.375 e. The molecule has 1 aromatic rings. The molecule has 0 saturated carbocycles. The lowest BCUT2D eigenvalue weighted by Gasteiger charge is -2.30. The minimum Gasteiger partial charge on any atom is -0.375 e. The van der Waals surface area contributed by atoms with E-state index in [9.17, 15) is 13.2 Å². The first-order chi connectivity index (χ1) is 10.4. The molecule has 1 saturated heterocycles. The summed E-state index contributed by atoms with van der Waals surface area (Å²) < 4.78 is 24.8. The van der Waals surface area contributed by atoms with Crippen molar-refractivity contribution in [2.45, 2.75) is 18.8 Å². The Morgan fingerprint density at radius 2 is 2.23 bits per heavy atom. The molecule has 0 aliphatic carbocycles. The van der Waals surface area contributed by atoms with Gasteiger partial charge in [-0.2, -0.15) is 0 Å². The fourth-order valence-corrected chi connectivity index (χ4v) is 3.42. The molecule has 0 spiro atoms. The zero-order valence-electron chi connectivity index (χ0n) is 12.9. The van der Waals surface area contributed by atoms with Crippen molar-refractivity contribution in [1.82, 2.24) is 14.6 Å². The number of likely N-dealkylation sites (N-methyl/N-ethyl adjacent to an activating group) is 1. The Labute approximate surface area is 131 Å². The molecular weight excluding hydrogens is 304 g/mol. The molecule has 1 unspecified atom stereocenters. The van der Waals surface area contributed by atoms with Gasteiger partial charge in [0.1, 0.15) is 0 Å². The lowest BCUT2D eigenvalue weighted by atomic mass is 9.95.